The molecule has 4 fully saturated rings. The predicted molar refractivity (Wildman–Crippen MR) is 109 cm³/mol. The quantitative estimate of drug-likeness (QED) is 0.722. The van der Waals surface area contributed by atoms with Crippen LogP contribution in [0.3, 0.4) is 0 Å². The van der Waals surface area contributed by atoms with Gasteiger partial charge in [0.25, 0.3) is 5.91 Å². The number of hydrogen-bond donors (Lipinski definition) is 2. The molecule has 6 heteroatoms. The monoisotopic (exact) mass is 398 g/mol. The Bertz CT molecular complexity index is 791. The standard InChI is InChI=1S/C23H30N2O4/c1-13-4-3-5-19(14(13)2)25-20(26)11-24-21(27)12-29-23(28)22-17-7-15-6-16(9-17)10-18(22)8-15/h3-5,15-18,22H,6-12H2,1-2H3,(H,24,27)(H,25,26). The first-order valence-electron chi connectivity index (χ1n) is 10.7. The second-order valence-electron chi connectivity index (χ2n) is 9.14. The molecule has 1 aromatic rings. The van der Waals surface area contributed by atoms with E-state index in [2.05, 4.69) is 10.6 Å². The number of rotatable bonds is 6. The van der Waals surface area contributed by atoms with E-state index in [1.54, 1.807) is 0 Å². The molecule has 29 heavy (non-hydrogen) atoms. The van der Waals surface area contributed by atoms with E-state index in [4.69, 9.17) is 4.74 Å². The second-order valence-corrected chi connectivity index (χ2v) is 9.14. The van der Waals surface area contributed by atoms with Crippen LogP contribution in [0, 0.1) is 43.4 Å². The molecule has 5 rings (SSSR count). The van der Waals surface area contributed by atoms with E-state index in [0.29, 0.717) is 11.8 Å². The van der Waals surface area contributed by atoms with Crippen molar-refractivity contribution in [2.45, 2.75) is 46.0 Å². The smallest absolute Gasteiger partial charge is 0.310 e. The number of hydrogen-bond acceptors (Lipinski definition) is 4. The lowest BCUT2D eigenvalue weighted by Gasteiger charge is -2.53. The summed E-state index contributed by atoms with van der Waals surface area (Å²) < 4.78 is 5.33. The van der Waals surface area contributed by atoms with Crippen LogP contribution in [-0.2, 0) is 19.1 Å². The molecule has 0 unspecified atom stereocenters. The van der Waals surface area contributed by atoms with Crippen molar-refractivity contribution in [3.63, 3.8) is 0 Å². The van der Waals surface area contributed by atoms with Gasteiger partial charge in [-0.3, -0.25) is 14.4 Å². The van der Waals surface area contributed by atoms with Crippen LogP contribution in [0.15, 0.2) is 18.2 Å². The third-order valence-electron chi connectivity index (χ3n) is 7.17. The molecule has 6 nitrogen and oxygen atoms in total. The minimum atomic E-state index is -0.446. The Kier molecular flexibility index (Phi) is 5.61. The number of ether oxygens (including phenoxy) is 1. The highest BCUT2D eigenvalue weighted by molar-refractivity contribution is 5.95. The Morgan fingerprint density at radius 1 is 0.966 bits per heavy atom. The molecule has 4 aliphatic carbocycles. The first-order chi connectivity index (χ1) is 13.9. The number of anilines is 1. The van der Waals surface area contributed by atoms with E-state index in [-0.39, 0.29) is 30.9 Å². The fourth-order valence-corrected chi connectivity index (χ4v) is 5.85. The summed E-state index contributed by atoms with van der Waals surface area (Å²) in [7, 11) is 0. The van der Waals surface area contributed by atoms with Gasteiger partial charge in [-0.2, -0.15) is 0 Å². The van der Waals surface area contributed by atoms with Crippen LogP contribution in [0.5, 0.6) is 0 Å². The summed E-state index contributed by atoms with van der Waals surface area (Å²) in [5.74, 6) is 1.44. The van der Waals surface area contributed by atoms with Gasteiger partial charge in [0.1, 0.15) is 0 Å². The zero-order chi connectivity index (χ0) is 20.5. The predicted octanol–water partition coefficient (Wildman–Crippen LogP) is 2.97. The van der Waals surface area contributed by atoms with Crippen LogP contribution in [0.4, 0.5) is 5.69 Å². The molecule has 0 spiro atoms. The van der Waals surface area contributed by atoms with Gasteiger partial charge in [-0.15, -0.1) is 0 Å². The maximum absolute atomic E-state index is 12.6. The molecule has 0 atom stereocenters. The summed E-state index contributed by atoms with van der Waals surface area (Å²) in [6.45, 7) is 3.44. The molecule has 2 amide bonds. The number of nitrogens with one attached hydrogen (secondary N) is 2. The van der Waals surface area contributed by atoms with Crippen LogP contribution in [0.2, 0.25) is 0 Å². The summed E-state index contributed by atoms with van der Waals surface area (Å²) in [4.78, 5) is 36.8. The average molecular weight is 399 g/mol. The van der Waals surface area contributed by atoms with Crippen molar-refractivity contribution in [3.05, 3.63) is 29.3 Å². The number of aryl methyl sites for hydroxylation is 1. The van der Waals surface area contributed by atoms with Gasteiger partial charge in [0.05, 0.1) is 12.5 Å². The molecule has 0 aromatic heterocycles. The lowest BCUT2D eigenvalue weighted by atomic mass is 9.52. The molecule has 2 N–H and O–H groups in total. The minimum absolute atomic E-state index is 0.0387. The van der Waals surface area contributed by atoms with Crippen LogP contribution >= 0.6 is 0 Å². The summed E-state index contributed by atoms with van der Waals surface area (Å²) in [5, 5.41) is 5.33. The SMILES string of the molecule is Cc1cccc(NC(=O)CNC(=O)COC(=O)C2C3CC4CC(C3)CC2C4)c1C. The molecule has 0 heterocycles. The summed E-state index contributed by atoms with van der Waals surface area (Å²) in [5.41, 5.74) is 2.82. The van der Waals surface area contributed by atoms with Crippen LogP contribution in [-0.4, -0.2) is 30.9 Å². The van der Waals surface area contributed by atoms with Gasteiger partial charge < -0.3 is 15.4 Å². The normalized spacial score (nSPS) is 29.4. The molecule has 0 radical (unpaired) electrons. The topological polar surface area (TPSA) is 84.5 Å². The molecule has 0 saturated heterocycles. The molecule has 4 bridgehead atoms. The van der Waals surface area contributed by atoms with Crippen molar-refractivity contribution >= 4 is 23.5 Å². The fraction of sp³-hybridized carbons (Fsp3) is 0.609. The Balaban J connectivity index is 1.21. The molecular weight excluding hydrogens is 368 g/mol. The van der Waals surface area contributed by atoms with Gasteiger partial charge in [0.2, 0.25) is 5.91 Å². The first kappa shape index (κ1) is 19.9. The maximum atomic E-state index is 12.6. The summed E-state index contributed by atoms with van der Waals surface area (Å²) >= 11 is 0. The lowest BCUT2D eigenvalue weighted by molar-refractivity contribution is -0.164. The lowest BCUT2D eigenvalue weighted by Crippen LogP contribution is -2.48. The van der Waals surface area contributed by atoms with E-state index < -0.39 is 5.91 Å². The van der Waals surface area contributed by atoms with Crippen molar-refractivity contribution in [1.29, 1.82) is 0 Å². The highest BCUT2D eigenvalue weighted by Gasteiger charge is 2.51. The van der Waals surface area contributed by atoms with Crippen molar-refractivity contribution in [2.24, 2.45) is 29.6 Å². The zero-order valence-electron chi connectivity index (χ0n) is 17.2. The van der Waals surface area contributed by atoms with E-state index in [1.165, 1.54) is 6.42 Å². The minimum Gasteiger partial charge on any atom is -0.455 e. The summed E-state index contributed by atoms with van der Waals surface area (Å²) in [6.07, 6.45) is 5.88. The van der Waals surface area contributed by atoms with Gasteiger partial charge in [0.15, 0.2) is 6.61 Å². The Morgan fingerprint density at radius 2 is 1.62 bits per heavy atom. The third kappa shape index (κ3) is 4.31. The van der Waals surface area contributed by atoms with Crippen molar-refractivity contribution in [3.8, 4) is 0 Å². The fourth-order valence-electron chi connectivity index (χ4n) is 5.85. The second kappa shape index (κ2) is 8.17. The van der Waals surface area contributed by atoms with Gasteiger partial charge in [-0.05, 0) is 86.8 Å². The van der Waals surface area contributed by atoms with Crippen molar-refractivity contribution in [2.75, 3.05) is 18.5 Å². The molecule has 4 saturated carbocycles. The van der Waals surface area contributed by atoms with E-state index in [0.717, 1.165) is 54.3 Å². The van der Waals surface area contributed by atoms with Gasteiger partial charge in [-0.25, -0.2) is 0 Å². The van der Waals surface area contributed by atoms with Gasteiger partial charge >= 0.3 is 5.97 Å². The number of amides is 2. The molecule has 156 valence electrons. The van der Waals surface area contributed by atoms with E-state index in [9.17, 15) is 14.4 Å². The highest BCUT2D eigenvalue weighted by atomic mass is 16.5. The van der Waals surface area contributed by atoms with Gasteiger partial charge in [-0.1, -0.05) is 12.1 Å². The molecule has 4 aliphatic rings. The number of carbonyl (C=O) groups excluding carboxylic acids is 3. The van der Waals surface area contributed by atoms with Crippen molar-refractivity contribution in [1.82, 2.24) is 5.32 Å². The van der Waals surface area contributed by atoms with E-state index in [1.807, 2.05) is 32.0 Å². The van der Waals surface area contributed by atoms with E-state index >= 15 is 0 Å². The van der Waals surface area contributed by atoms with Crippen LogP contribution in [0.25, 0.3) is 0 Å². The first-order valence-corrected chi connectivity index (χ1v) is 10.7. The van der Waals surface area contributed by atoms with Gasteiger partial charge in [0, 0.05) is 5.69 Å². The average Bonchev–Trinajstić information content (AvgIpc) is 2.67. The summed E-state index contributed by atoms with van der Waals surface area (Å²) in [6, 6.07) is 5.68. The largest absolute Gasteiger partial charge is 0.455 e. The Labute approximate surface area is 171 Å². The highest BCUT2D eigenvalue weighted by Crippen LogP contribution is 2.56. The number of esters is 1. The number of benzene rings is 1. The van der Waals surface area contributed by atoms with Crippen molar-refractivity contribution < 1.29 is 19.1 Å². The maximum Gasteiger partial charge on any atom is 0.310 e. The zero-order valence-corrected chi connectivity index (χ0v) is 17.2. The molecule has 1 aromatic carbocycles. The third-order valence-corrected chi connectivity index (χ3v) is 7.17. The van der Waals surface area contributed by atoms with Crippen LogP contribution in [0.1, 0.15) is 43.2 Å². The number of carbonyl (C=O) groups is 3. The van der Waals surface area contributed by atoms with Crippen LogP contribution < -0.4 is 10.6 Å². The molecule has 0 aliphatic heterocycles. The Hall–Kier alpha value is -2.37. The molecular formula is C23H30N2O4. The Morgan fingerprint density at radius 3 is 2.28 bits per heavy atom.